The van der Waals surface area contributed by atoms with Gasteiger partial charge in [0.25, 0.3) is 0 Å². The van der Waals surface area contributed by atoms with Crippen molar-refractivity contribution in [2.24, 2.45) is 5.92 Å². The highest BCUT2D eigenvalue weighted by molar-refractivity contribution is 5.29. The maximum atomic E-state index is 5.73. The number of ether oxygens (including phenoxy) is 1. The van der Waals surface area contributed by atoms with Crippen molar-refractivity contribution in [3.63, 3.8) is 0 Å². The SMILES string of the molecule is CC(C)COc1ccc(C(C)NCCCc2ccccc2)cc1. The normalized spacial score (nSPS) is 12.3. The first-order valence-electron chi connectivity index (χ1n) is 8.65. The van der Waals surface area contributed by atoms with E-state index in [1.165, 1.54) is 11.1 Å². The van der Waals surface area contributed by atoms with E-state index in [9.17, 15) is 0 Å². The maximum absolute atomic E-state index is 5.73. The Kier molecular flexibility index (Phi) is 7.15. The van der Waals surface area contributed by atoms with Crippen molar-refractivity contribution >= 4 is 0 Å². The van der Waals surface area contributed by atoms with Crippen molar-refractivity contribution in [2.45, 2.75) is 39.7 Å². The molecular formula is C21H29NO. The van der Waals surface area contributed by atoms with Crippen LogP contribution in [0.25, 0.3) is 0 Å². The molecule has 23 heavy (non-hydrogen) atoms. The summed E-state index contributed by atoms with van der Waals surface area (Å²) in [4.78, 5) is 0. The van der Waals surface area contributed by atoms with Crippen molar-refractivity contribution in [3.05, 3.63) is 65.7 Å². The van der Waals surface area contributed by atoms with Crippen molar-refractivity contribution in [1.82, 2.24) is 5.32 Å². The lowest BCUT2D eigenvalue weighted by molar-refractivity contribution is 0.271. The minimum Gasteiger partial charge on any atom is -0.493 e. The van der Waals surface area contributed by atoms with Gasteiger partial charge in [0.05, 0.1) is 6.61 Å². The Hall–Kier alpha value is -1.80. The second-order valence-corrected chi connectivity index (χ2v) is 6.54. The van der Waals surface area contributed by atoms with Gasteiger partial charge in [-0.2, -0.15) is 0 Å². The number of aryl methyl sites for hydroxylation is 1. The molecule has 1 unspecified atom stereocenters. The van der Waals surface area contributed by atoms with Gasteiger partial charge in [0.2, 0.25) is 0 Å². The monoisotopic (exact) mass is 311 g/mol. The summed E-state index contributed by atoms with van der Waals surface area (Å²) in [6.45, 7) is 8.34. The largest absolute Gasteiger partial charge is 0.493 e. The molecule has 0 amide bonds. The molecule has 1 atom stereocenters. The summed E-state index contributed by atoms with van der Waals surface area (Å²) in [7, 11) is 0. The summed E-state index contributed by atoms with van der Waals surface area (Å²) in [6, 6.07) is 19.5. The molecule has 0 aliphatic rings. The molecule has 2 aromatic carbocycles. The summed E-state index contributed by atoms with van der Waals surface area (Å²) in [6.07, 6.45) is 2.28. The van der Waals surface area contributed by atoms with E-state index in [0.29, 0.717) is 12.0 Å². The third-order valence-corrected chi connectivity index (χ3v) is 3.90. The molecule has 0 saturated heterocycles. The van der Waals surface area contributed by atoms with E-state index < -0.39 is 0 Å². The third-order valence-electron chi connectivity index (χ3n) is 3.90. The molecule has 0 aliphatic heterocycles. The standard InChI is InChI=1S/C21H29NO/c1-17(2)16-23-21-13-11-20(12-14-21)18(3)22-15-7-10-19-8-5-4-6-9-19/h4-6,8-9,11-14,17-18,22H,7,10,15-16H2,1-3H3. The first-order chi connectivity index (χ1) is 11.1. The Bertz CT molecular complexity index is 548. The van der Waals surface area contributed by atoms with E-state index in [0.717, 1.165) is 31.7 Å². The quantitative estimate of drug-likeness (QED) is 0.658. The molecule has 2 heteroatoms. The summed E-state index contributed by atoms with van der Waals surface area (Å²) in [5.41, 5.74) is 2.72. The fourth-order valence-corrected chi connectivity index (χ4v) is 2.49. The molecule has 0 saturated carbocycles. The molecular weight excluding hydrogens is 282 g/mol. The highest BCUT2D eigenvalue weighted by Crippen LogP contribution is 2.18. The van der Waals surface area contributed by atoms with Crippen LogP contribution in [0.15, 0.2) is 54.6 Å². The summed E-state index contributed by atoms with van der Waals surface area (Å²) < 4.78 is 5.73. The second-order valence-electron chi connectivity index (χ2n) is 6.54. The molecule has 0 fully saturated rings. The first kappa shape index (κ1) is 17.6. The lowest BCUT2D eigenvalue weighted by atomic mass is 10.1. The Morgan fingerprint density at radius 2 is 1.61 bits per heavy atom. The van der Waals surface area contributed by atoms with Crippen LogP contribution in [-0.2, 0) is 6.42 Å². The zero-order valence-electron chi connectivity index (χ0n) is 14.6. The van der Waals surface area contributed by atoms with E-state index in [4.69, 9.17) is 4.74 Å². The van der Waals surface area contributed by atoms with Gasteiger partial charge in [0.1, 0.15) is 5.75 Å². The summed E-state index contributed by atoms with van der Waals surface area (Å²) in [5.74, 6) is 1.51. The van der Waals surface area contributed by atoms with Crippen LogP contribution in [0, 0.1) is 5.92 Å². The predicted octanol–water partition coefficient (Wildman–Crippen LogP) is 5.00. The Labute approximate surface area is 140 Å². The molecule has 2 nitrogen and oxygen atoms in total. The van der Waals surface area contributed by atoms with Gasteiger partial charge in [-0.25, -0.2) is 0 Å². The van der Waals surface area contributed by atoms with E-state index in [1.54, 1.807) is 0 Å². The van der Waals surface area contributed by atoms with Crippen molar-refractivity contribution in [3.8, 4) is 5.75 Å². The van der Waals surface area contributed by atoms with E-state index in [2.05, 4.69) is 80.7 Å². The van der Waals surface area contributed by atoms with Gasteiger partial charge in [-0.15, -0.1) is 0 Å². The molecule has 0 heterocycles. The number of rotatable bonds is 9. The van der Waals surface area contributed by atoms with Crippen LogP contribution in [0.5, 0.6) is 5.75 Å². The van der Waals surface area contributed by atoms with Gasteiger partial charge in [0.15, 0.2) is 0 Å². The van der Waals surface area contributed by atoms with Gasteiger partial charge in [-0.1, -0.05) is 56.3 Å². The van der Waals surface area contributed by atoms with Crippen LogP contribution in [0.1, 0.15) is 44.4 Å². The molecule has 0 spiro atoms. The Morgan fingerprint density at radius 3 is 2.26 bits per heavy atom. The fraction of sp³-hybridized carbons (Fsp3) is 0.429. The van der Waals surface area contributed by atoms with E-state index >= 15 is 0 Å². The molecule has 0 aliphatic carbocycles. The minimum atomic E-state index is 0.366. The smallest absolute Gasteiger partial charge is 0.119 e. The lowest BCUT2D eigenvalue weighted by Crippen LogP contribution is -2.20. The van der Waals surface area contributed by atoms with Crippen LogP contribution in [-0.4, -0.2) is 13.2 Å². The number of nitrogens with one attached hydrogen (secondary N) is 1. The highest BCUT2D eigenvalue weighted by atomic mass is 16.5. The minimum absolute atomic E-state index is 0.366. The van der Waals surface area contributed by atoms with Crippen LogP contribution in [0.3, 0.4) is 0 Å². The van der Waals surface area contributed by atoms with Crippen LogP contribution in [0.4, 0.5) is 0 Å². The number of benzene rings is 2. The van der Waals surface area contributed by atoms with Crippen molar-refractivity contribution in [1.29, 1.82) is 0 Å². The number of hydrogen-bond acceptors (Lipinski definition) is 2. The zero-order chi connectivity index (χ0) is 16.5. The zero-order valence-corrected chi connectivity index (χ0v) is 14.6. The average Bonchev–Trinajstić information content (AvgIpc) is 2.58. The Morgan fingerprint density at radius 1 is 0.913 bits per heavy atom. The predicted molar refractivity (Wildman–Crippen MR) is 98.0 cm³/mol. The van der Waals surface area contributed by atoms with Crippen LogP contribution < -0.4 is 10.1 Å². The van der Waals surface area contributed by atoms with Gasteiger partial charge >= 0.3 is 0 Å². The molecule has 124 valence electrons. The average molecular weight is 311 g/mol. The summed E-state index contributed by atoms with van der Waals surface area (Å²) >= 11 is 0. The first-order valence-corrected chi connectivity index (χ1v) is 8.65. The third kappa shape index (κ3) is 6.45. The Balaban J connectivity index is 1.71. The second kappa shape index (κ2) is 9.36. The molecule has 0 bridgehead atoms. The fourth-order valence-electron chi connectivity index (χ4n) is 2.49. The molecule has 1 N–H and O–H groups in total. The molecule has 2 rings (SSSR count). The molecule has 0 radical (unpaired) electrons. The van der Waals surface area contributed by atoms with Crippen LogP contribution >= 0.6 is 0 Å². The molecule has 0 aromatic heterocycles. The van der Waals surface area contributed by atoms with Gasteiger partial charge < -0.3 is 10.1 Å². The lowest BCUT2D eigenvalue weighted by Gasteiger charge is -2.15. The van der Waals surface area contributed by atoms with Gasteiger partial charge in [-0.05, 0) is 55.5 Å². The summed E-state index contributed by atoms with van der Waals surface area (Å²) in [5, 5.41) is 3.60. The van der Waals surface area contributed by atoms with Gasteiger partial charge in [0, 0.05) is 6.04 Å². The van der Waals surface area contributed by atoms with E-state index in [1.807, 2.05) is 0 Å². The van der Waals surface area contributed by atoms with E-state index in [-0.39, 0.29) is 0 Å². The van der Waals surface area contributed by atoms with Crippen molar-refractivity contribution < 1.29 is 4.74 Å². The topological polar surface area (TPSA) is 21.3 Å². The van der Waals surface area contributed by atoms with Gasteiger partial charge in [-0.3, -0.25) is 0 Å². The maximum Gasteiger partial charge on any atom is 0.119 e. The van der Waals surface area contributed by atoms with Crippen molar-refractivity contribution in [2.75, 3.05) is 13.2 Å². The number of hydrogen-bond donors (Lipinski definition) is 1. The van der Waals surface area contributed by atoms with Crippen LogP contribution in [0.2, 0.25) is 0 Å². The highest BCUT2D eigenvalue weighted by Gasteiger charge is 2.05. The molecule has 2 aromatic rings.